The lowest BCUT2D eigenvalue weighted by Gasteiger charge is -2.01. The molecule has 0 aromatic carbocycles. The summed E-state index contributed by atoms with van der Waals surface area (Å²) in [5.41, 5.74) is 10.4. The van der Waals surface area contributed by atoms with Crippen molar-refractivity contribution in [3.63, 3.8) is 0 Å². The topological polar surface area (TPSA) is 64.1 Å². The zero-order valence-electron chi connectivity index (χ0n) is 4.65. The molecule has 5 N–H and O–H groups in total. The number of rotatable bonds is 3. The zero-order valence-corrected chi connectivity index (χ0v) is 4.65. The summed E-state index contributed by atoms with van der Waals surface area (Å²) in [6.07, 6.45) is 0.684. The molecule has 3 heteroatoms. The minimum absolute atomic E-state index is 0.160. The summed E-state index contributed by atoms with van der Waals surface area (Å²) in [4.78, 5) is 0. The van der Waals surface area contributed by atoms with Crippen molar-refractivity contribution in [3.8, 4) is 0 Å². The van der Waals surface area contributed by atoms with Gasteiger partial charge < -0.3 is 16.8 Å². The van der Waals surface area contributed by atoms with E-state index >= 15 is 0 Å². The molecule has 0 heterocycles. The summed E-state index contributed by atoms with van der Waals surface area (Å²) in [5.74, 6) is 0. The van der Waals surface area contributed by atoms with Crippen LogP contribution in [-0.4, -0.2) is 19.8 Å². The molecule has 0 aromatic rings. The molecule has 0 aliphatic rings. The van der Waals surface area contributed by atoms with Gasteiger partial charge in [-0.1, -0.05) is 0 Å². The number of nitrogens with one attached hydrogen (secondary N) is 1. The van der Waals surface area contributed by atoms with Crippen LogP contribution in [0.15, 0.2) is 0 Å². The third-order valence-electron chi connectivity index (χ3n) is 0.728. The zero-order chi connectivity index (χ0) is 5.70. The lowest BCUT2D eigenvalue weighted by Crippen LogP contribution is -2.33. The van der Waals surface area contributed by atoms with Crippen LogP contribution in [0.4, 0.5) is 0 Å². The van der Waals surface area contributed by atoms with Crippen molar-refractivity contribution in [3.05, 3.63) is 0 Å². The Morgan fingerprint density at radius 1 is 1.57 bits per heavy atom. The van der Waals surface area contributed by atoms with E-state index in [2.05, 4.69) is 5.32 Å². The van der Waals surface area contributed by atoms with E-state index in [4.69, 9.17) is 11.5 Å². The maximum Gasteiger partial charge on any atom is 0.0533 e. The first-order chi connectivity index (χ1) is 3.27. The third-order valence-corrected chi connectivity index (χ3v) is 0.728. The maximum absolute atomic E-state index is 5.22. The highest BCUT2D eigenvalue weighted by atomic mass is 14.9. The molecule has 0 amide bonds. The van der Waals surface area contributed by atoms with Gasteiger partial charge in [0.2, 0.25) is 0 Å². The van der Waals surface area contributed by atoms with E-state index in [0.717, 1.165) is 13.0 Å². The van der Waals surface area contributed by atoms with Gasteiger partial charge in [0.1, 0.15) is 0 Å². The second kappa shape index (κ2) is 4.05. The molecule has 0 radical (unpaired) electrons. The van der Waals surface area contributed by atoms with Crippen LogP contribution in [0.5, 0.6) is 0 Å². The van der Waals surface area contributed by atoms with E-state index in [0.29, 0.717) is 0 Å². The molecule has 0 rings (SSSR count). The van der Waals surface area contributed by atoms with Gasteiger partial charge >= 0.3 is 0 Å². The number of hydrogen-bond donors (Lipinski definition) is 3. The summed E-state index contributed by atoms with van der Waals surface area (Å²) in [6, 6.07) is 0. The molecule has 0 aliphatic heterocycles. The normalized spacial score (nSPS) is 10.3. The Morgan fingerprint density at radius 2 is 2.14 bits per heavy atom. The standard InChI is InChI=1S/C4H13N3/c1-7-3-2-4(5)6/h4,7H,2-3,5-6H2,1H3. The fraction of sp³-hybridized carbons (Fsp3) is 1.00. The highest BCUT2D eigenvalue weighted by Crippen LogP contribution is 1.71. The average molecular weight is 103 g/mol. The molecule has 3 nitrogen and oxygen atoms in total. The van der Waals surface area contributed by atoms with Gasteiger partial charge in [0.25, 0.3) is 0 Å². The summed E-state index contributed by atoms with van der Waals surface area (Å²) < 4.78 is 0. The van der Waals surface area contributed by atoms with Crippen molar-refractivity contribution in [2.24, 2.45) is 11.5 Å². The SMILES string of the molecule is CNCCC(N)N. The van der Waals surface area contributed by atoms with Crippen LogP contribution in [0.2, 0.25) is 0 Å². The largest absolute Gasteiger partial charge is 0.320 e. The summed E-state index contributed by atoms with van der Waals surface area (Å²) in [7, 11) is 1.88. The van der Waals surface area contributed by atoms with Crippen LogP contribution in [0.25, 0.3) is 0 Å². The second-order valence-corrected chi connectivity index (χ2v) is 1.56. The van der Waals surface area contributed by atoms with Gasteiger partial charge in [0, 0.05) is 0 Å². The molecule has 0 saturated heterocycles. The van der Waals surface area contributed by atoms with Crippen molar-refractivity contribution in [2.75, 3.05) is 13.6 Å². The molecule has 0 aromatic heterocycles. The van der Waals surface area contributed by atoms with Gasteiger partial charge in [-0.2, -0.15) is 0 Å². The highest BCUT2D eigenvalue weighted by molar-refractivity contribution is 4.50. The summed E-state index contributed by atoms with van der Waals surface area (Å²) in [5, 5.41) is 2.94. The molecule has 0 saturated carbocycles. The lowest BCUT2D eigenvalue weighted by atomic mass is 10.4. The number of nitrogens with two attached hydrogens (primary N) is 2. The van der Waals surface area contributed by atoms with E-state index in [1.165, 1.54) is 0 Å². The van der Waals surface area contributed by atoms with Crippen LogP contribution in [0.1, 0.15) is 6.42 Å². The van der Waals surface area contributed by atoms with Crippen LogP contribution >= 0.6 is 0 Å². The first-order valence-electron chi connectivity index (χ1n) is 2.43. The summed E-state index contributed by atoms with van der Waals surface area (Å²) in [6.45, 7) is 0.900. The highest BCUT2D eigenvalue weighted by Gasteiger charge is 1.88. The Labute approximate surface area is 44.1 Å². The quantitative estimate of drug-likeness (QED) is 0.395. The van der Waals surface area contributed by atoms with Gasteiger partial charge in [-0.15, -0.1) is 0 Å². The molecular weight excluding hydrogens is 90.1 g/mol. The van der Waals surface area contributed by atoms with Crippen molar-refractivity contribution in [2.45, 2.75) is 12.6 Å². The van der Waals surface area contributed by atoms with Crippen LogP contribution < -0.4 is 16.8 Å². The first-order valence-corrected chi connectivity index (χ1v) is 2.43. The lowest BCUT2D eigenvalue weighted by molar-refractivity contribution is 0.607. The molecule has 0 atom stereocenters. The molecule has 44 valence electrons. The summed E-state index contributed by atoms with van der Waals surface area (Å²) >= 11 is 0. The van der Waals surface area contributed by atoms with Gasteiger partial charge in [-0.3, -0.25) is 0 Å². The van der Waals surface area contributed by atoms with Gasteiger partial charge in [-0.25, -0.2) is 0 Å². The van der Waals surface area contributed by atoms with Gasteiger partial charge in [-0.05, 0) is 20.0 Å². The van der Waals surface area contributed by atoms with E-state index in [1.807, 2.05) is 7.05 Å². The smallest absolute Gasteiger partial charge is 0.0533 e. The van der Waals surface area contributed by atoms with Gasteiger partial charge in [0.15, 0.2) is 0 Å². The molecular formula is C4H13N3. The molecule has 0 bridgehead atoms. The third kappa shape index (κ3) is 5.88. The fourth-order valence-corrected chi connectivity index (χ4v) is 0.311. The van der Waals surface area contributed by atoms with Crippen molar-refractivity contribution >= 4 is 0 Å². The van der Waals surface area contributed by atoms with Crippen molar-refractivity contribution in [1.82, 2.24) is 5.32 Å². The van der Waals surface area contributed by atoms with E-state index in [-0.39, 0.29) is 6.17 Å². The maximum atomic E-state index is 5.22. The van der Waals surface area contributed by atoms with Gasteiger partial charge in [0.05, 0.1) is 6.17 Å². The Bertz CT molecular complexity index is 35.9. The monoisotopic (exact) mass is 103 g/mol. The van der Waals surface area contributed by atoms with Crippen molar-refractivity contribution in [1.29, 1.82) is 0 Å². The Balaban J connectivity index is 2.68. The predicted molar refractivity (Wildman–Crippen MR) is 30.7 cm³/mol. The molecule has 0 aliphatic carbocycles. The molecule has 0 fully saturated rings. The van der Waals surface area contributed by atoms with E-state index in [9.17, 15) is 0 Å². The Morgan fingerprint density at radius 3 is 2.29 bits per heavy atom. The van der Waals surface area contributed by atoms with E-state index < -0.39 is 0 Å². The Hall–Kier alpha value is -0.120. The second-order valence-electron chi connectivity index (χ2n) is 1.56. The molecule has 0 unspecified atom stereocenters. The molecule has 7 heavy (non-hydrogen) atoms. The van der Waals surface area contributed by atoms with Crippen LogP contribution in [-0.2, 0) is 0 Å². The van der Waals surface area contributed by atoms with Crippen LogP contribution in [0.3, 0.4) is 0 Å². The first kappa shape index (κ1) is 6.88. The van der Waals surface area contributed by atoms with E-state index in [1.54, 1.807) is 0 Å². The molecule has 0 spiro atoms. The number of hydrogen-bond acceptors (Lipinski definition) is 3. The van der Waals surface area contributed by atoms with Crippen molar-refractivity contribution < 1.29 is 0 Å². The van der Waals surface area contributed by atoms with Crippen LogP contribution in [0, 0.1) is 0 Å². The fourth-order valence-electron chi connectivity index (χ4n) is 0.311. The minimum Gasteiger partial charge on any atom is -0.320 e. The minimum atomic E-state index is -0.160. The Kier molecular flexibility index (Phi) is 3.98. The predicted octanol–water partition coefficient (Wildman–Crippen LogP) is -1.16. The average Bonchev–Trinajstić information content (AvgIpc) is 1.61.